The normalized spacial score (nSPS) is 19.8. The minimum atomic E-state index is -0.187. The third-order valence-electron chi connectivity index (χ3n) is 6.73. The van der Waals surface area contributed by atoms with Crippen LogP contribution in [0.4, 0.5) is 0 Å². The number of hydrogen-bond donors (Lipinski definition) is 1. The summed E-state index contributed by atoms with van der Waals surface area (Å²) in [4.78, 5) is 35.3. The van der Waals surface area contributed by atoms with Gasteiger partial charge in [-0.15, -0.1) is 0 Å². The average Bonchev–Trinajstić information content (AvgIpc) is 3.24. The number of likely N-dealkylation sites (tertiary alicyclic amines) is 1. The summed E-state index contributed by atoms with van der Waals surface area (Å²) >= 11 is 0. The summed E-state index contributed by atoms with van der Waals surface area (Å²) < 4.78 is 5.59. The van der Waals surface area contributed by atoms with E-state index in [0.29, 0.717) is 29.4 Å². The summed E-state index contributed by atoms with van der Waals surface area (Å²) in [5.74, 6) is 0.665. The SMILES string of the molecule is Cc1ccncc1C(=O)N1CCC2(CC1)CC2CNC(=O)c1cc2ccncc2o1. The highest BCUT2D eigenvalue weighted by Gasteiger charge is 2.54. The van der Waals surface area contributed by atoms with Crippen LogP contribution in [0.5, 0.6) is 0 Å². The second-order valence-corrected chi connectivity index (χ2v) is 8.48. The number of carbonyl (C=O) groups excluding carboxylic acids is 2. The molecule has 1 saturated carbocycles. The van der Waals surface area contributed by atoms with Gasteiger partial charge < -0.3 is 14.6 Å². The molecule has 0 bridgehead atoms. The van der Waals surface area contributed by atoms with Gasteiger partial charge in [0, 0.05) is 43.6 Å². The molecular formula is C23H24N4O3. The molecule has 30 heavy (non-hydrogen) atoms. The minimum Gasteiger partial charge on any atom is -0.449 e. The van der Waals surface area contributed by atoms with E-state index in [9.17, 15) is 9.59 Å². The molecule has 2 fully saturated rings. The Labute approximate surface area is 174 Å². The number of aromatic nitrogens is 2. The molecule has 4 heterocycles. The predicted molar refractivity (Wildman–Crippen MR) is 111 cm³/mol. The molecule has 1 spiro atoms. The van der Waals surface area contributed by atoms with E-state index in [1.165, 1.54) is 0 Å². The van der Waals surface area contributed by atoms with Crippen LogP contribution < -0.4 is 5.32 Å². The highest BCUT2D eigenvalue weighted by atomic mass is 16.3. The lowest BCUT2D eigenvalue weighted by Gasteiger charge is -2.33. The Balaban J connectivity index is 1.14. The maximum absolute atomic E-state index is 12.8. The van der Waals surface area contributed by atoms with Gasteiger partial charge in [-0.25, -0.2) is 0 Å². The number of piperidine rings is 1. The molecule has 3 aromatic heterocycles. The van der Waals surface area contributed by atoms with Gasteiger partial charge in [0.15, 0.2) is 11.3 Å². The molecule has 2 aliphatic rings. The fourth-order valence-corrected chi connectivity index (χ4v) is 4.65. The number of nitrogens with one attached hydrogen (secondary N) is 1. The van der Waals surface area contributed by atoms with Crippen molar-refractivity contribution >= 4 is 22.8 Å². The van der Waals surface area contributed by atoms with Crippen LogP contribution in [-0.4, -0.2) is 46.3 Å². The number of aryl methyl sites for hydroxylation is 1. The van der Waals surface area contributed by atoms with Crippen molar-refractivity contribution < 1.29 is 14.0 Å². The molecule has 0 aromatic carbocycles. The summed E-state index contributed by atoms with van der Waals surface area (Å²) in [7, 11) is 0. The van der Waals surface area contributed by atoms with Crippen molar-refractivity contribution in [1.82, 2.24) is 20.2 Å². The summed E-state index contributed by atoms with van der Waals surface area (Å²) in [6, 6.07) is 5.45. The molecule has 1 aliphatic heterocycles. The maximum atomic E-state index is 12.8. The Morgan fingerprint density at radius 2 is 1.97 bits per heavy atom. The van der Waals surface area contributed by atoms with Crippen molar-refractivity contribution in [2.24, 2.45) is 11.3 Å². The van der Waals surface area contributed by atoms with Gasteiger partial charge in [0.1, 0.15) is 0 Å². The molecule has 154 valence electrons. The third kappa shape index (κ3) is 3.34. The largest absolute Gasteiger partial charge is 0.449 e. The second-order valence-electron chi connectivity index (χ2n) is 8.48. The van der Waals surface area contributed by atoms with E-state index in [4.69, 9.17) is 4.42 Å². The molecule has 1 atom stereocenters. The third-order valence-corrected chi connectivity index (χ3v) is 6.73. The van der Waals surface area contributed by atoms with Crippen molar-refractivity contribution in [2.75, 3.05) is 19.6 Å². The quantitative estimate of drug-likeness (QED) is 0.721. The van der Waals surface area contributed by atoms with E-state index in [0.717, 1.165) is 43.3 Å². The number of nitrogens with zero attached hydrogens (tertiary/aromatic N) is 3. The van der Waals surface area contributed by atoms with Gasteiger partial charge in [0.25, 0.3) is 11.8 Å². The van der Waals surface area contributed by atoms with Gasteiger partial charge in [0.2, 0.25) is 0 Å². The van der Waals surface area contributed by atoms with Crippen LogP contribution in [0, 0.1) is 18.3 Å². The molecule has 7 nitrogen and oxygen atoms in total. The molecule has 1 N–H and O–H groups in total. The Morgan fingerprint density at radius 1 is 1.20 bits per heavy atom. The number of hydrogen-bond acceptors (Lipinski definition) is 5. The second kappa shape index (κ2) is 7.23. The van der Waals surface area contributed by atoms with Crippen LogP contribution in [-0.2, 0) is 0 Å². The molecule has 5 rings (SSSR count). The maximum Gasteiger partial charge on any atom is 0.287 e. The molecule has 7 heteroatoms. The van der Waals surface area contributed by atoms with Gasteiger partial charge >= 0.3 is 0 Å². The first-order valence-corrected chi connectivity index (χ1v) is 10.4. The van der Waals surface area contributed by atoms with E-state index in [-0.39, 0.29) is 17.2 Å². The topological polar surface area (TPSA) is 88.3 Å². The summed E-state index contributed by atoms with van der Waals surface area (Å²) in [6.45, 7) is 4.10. The van der Waals surface area contributed by atoms with Gasteiger partial charge in [-0.1, -0.05) is 0 Å². The smallest absolute Gasteiger partial charge is 0.287 e. The first kappa shape index (κ1) is 18.8. The zero-order chi connectivity index (χ0) is 20.7. The Morgan fingerprint density at radius 3 is 2.73 bits per heavy atom. The fourth-order valence-electron chi connectivity index (χ4n) is 4.65. The molecular weight excluding hydrogens is 380 g/mol. The van der Waals surface area contributed by atoms with Crippen LogP contribution >= 0.6 is 0 Å². The lowest BCUT2D eigenvalue weighted by atomic mass is 9.90. The minimum absolute atomic E-state index is 0.0697. The van der Waals surface area contributed by atoms with Gasteiger partial charge in [0.05, 0.1) is 11.8 Å². The molecule has 1 unspecified atom stereocenters. The van der Waals surface area contributed by atoms with E-state index < -0.39 is 0 Å². The van der Waals surface area contributed by atoms with Crippen molar-refractivity contribution in [3.05, 3.63) is 59.9 Å². The first-order chi connectivity index (χ1) is 14.6. The fraction of sp³-hybridized carbons (Fsp3) is 0.391. The van der Waals surface area contributed by atoms with E-state index in [1.807, 2.05) is 24.0 Å². The standard InChI is InChI=1S/C23H24N4O3/c1-15-2-6-24-13-18(15)22(29)27-8-4-23(5-9-27)11-17(23)12-26-21(28)19-10-16-3-7-25-14-20(16)30-19/h2-3,6-7,10,13-14,17H,4-5,8-9,11-12H2,1H3,(H,26,28). The number of amides is 2. The highest BCUT2D eigenvalue weighted by Crippen LogP contribution is 2.59. The molecule has 0 radical (unpaired) electrons. The average molecular weight is 404 g/mol. The summed E-state index contributed by atoms with van der Waals surface area (Å²) in [5.41, 5.74) is 2.52. The molecule has 1 aliphatic carbocycles. The molecule has 2 amide bonds. The Kier molecular flexibility index (Phi) is 4.53. The van der Waals surface area contributed by atoms with Crippen molar-refractivity contribution in [3.63, 3.8) is 0 Å². The Hall–Kier alpha value is -3.22. The van der Waals surface area contributed by atoms with Gasteiger partial charge in [-0.05, 0) is 61.3 Å². The van der Waals surface area contributed by atoms with E-state index in [1.54, 1.807) is 30.9 Å². The zero-order valence-electron chi connectivity index (χ0n) is 16.9. The van der Waals surface area contributed by atoms with E-state index >= 15 is 0 Å². The van der Waals surface area contributed by atoms with Crippen LogP contribution in [0.3, 0.4) is 0 Å². The monoisotopic (exact) mass is 404 g/mol. The number of pyridine rings is 2. The lowest BCUT2D eigenvalue weighted by molar-refractivity contribution is 0.0667. The van der Waals surface area contributed by atoms with Crippen molar-refractivity contribution in [2.45, 2.75) is 26.2 Å². The van der Waals surface area contributed by atoms with Crippen molar-refractivity contribution in [1.29, 1.82) is 0 Å². The summed E-state index contributed by atoms with van der Waals surface area (Å²) in [5, 5.41) is 3.89. The molecule has 1 saturated heterocycles. The number of carbonyl (C=O) groups is 2. The van der Waals surface area contributed by atoms with E-state index in [2.05, 4.69) is 15.3 Å². The Bertz CT molecular complexity index is 1080. The number of fused-ring (bicyclic) bond motifs is 1. The zero-order valence-corrected chi connectivity index (χ0v) is 16.9. The van der Waals surface area contributed by atoms with Crippen molar-refractivity contribution in [3.8, 4) is 0 Å². The molecule has 3 aromatic rings. The van der Waals surface area contributed by atoms with Crippen LogP contribution in [0.15, 0.2) is 47.4 Å². The first-order valence-electron chi connectivity index (χ1n) is 10.4. The van der Waals surface area contributed by atoms with Gasteiger partial charge in [-0.3, -0.25) is 19.6 Å². The van der Waals surface area contributed by atoms with Crippen LogP contribution in [0.2, 0.25) is 0 Å². The van der Waals surface area contributed by atoms with Crippen LogP contribution in [0.1, 0.15) is 45.7 Å². The number of rotatable bonds is 4. The number of furan rings is 1. The van der Waals surface area contributed by atoms with Crippen LogP contribution in [0.25, 0.3) is 11.0 Å². The van der Waals surface area contributed by atoms with Gasteiger partial charge in [-0.2, -0.15) is 0 Å². The predicted octanol–water partition coefficient (Wildman–Crippen LogP) is 3.20. The lowest BCUT2D eigenvalue weighted by Crippen LogP contribution is -2.40. The highest BCUT2D eigenvalue weighted by molar-refractivity contribution is 5.96. The summed E-state index contributed by atoms with van der Waals surface area (Å²) in [6.07, 6.45) is 9.73.